The van der Waals surface area contributed by atoms with Gasteiger partial charge in [0.25, 0.3) is 0 Å². The smallest absolute Gasteiger partial charge is 0.309 e. The van der Waals surface area contributed by atoms with E-state index in [-0.39, 0.29) is 11.8 Å². The van der Waals surface area contributed by atoms with Crippen LogP contribution in [0.5, 0.6) is 0 Å². The fourth-order valence-electron chi connectivity index (χ4n) is 3.85. The van der Waals surface area contributed by atoms with Gasteiger partial charge in [-0.25, -0.2) is 0 Å². The number of amides is 1. The van der Waals surface area contributed by atoms with Gasteiger partial charge in [-0.05, 0) is 43.4 Å². The van der Waals surface area contributed by atoms with Crippen LogP contribution in [-0.2, 0) is 9.59 Å². The maximum Gasteiger partial charge on any atom is 0.309 e. The summed E-state index contributed by atoms with van der Waals surface area (Å²) in [6.45, 7) is 5.46. The predicted octanol–water partition coefficient (Wildman–Crippen LogP) is 4.30. The highest BCUT2D eigenvalue weighted by molar-refractivity contribution is 5.97. The lowest BCUT2D eigenvalue weighted by Crippen LogP contribution is -2.43. The highest BCUT2D eigenvalue weighted by atomic mass is 16.4. The Morgan fingerprint density at radius 1 is 1.21 bits per heavy atom. The molecule has 0 saturated heterocycles. The number of carbonyl (C=O) groups excluding carboxylic acids is 1. The lowest BCUT2D eigenvalue weighted by atomic mass is 9.65. The fraction of sp³-hybridized carbons (Fsp3) is 0.364. The standard InChI is InChI=1S/C22H25N3O3/c1-21(2)16(10-11-22(21,3)20(27)28)19(26)25-18-9-5-4-8-17(18)24-14-15-7-6-12-23-13-15/h4-9,12-14,16H,10-11H2,1-3H3,(H,25,26)(H,27,28). The Hall–Kier alpha value is -3.02. The first-order valence-electron chi connectivity index (χ1n) is 9.33. The molecule has 1 fully saturated rings. The zero-order valence-corrected chi connectivity index (χ0v) is 16.3. The second-order valence-electron chi connectivity index (χ2n) is 8.00. The number of pyridine rings is 1. The molecular weight excluding hydrogens is 354 g/mol. The largest absolute Gasteiger partial charge is 0.481 e. The molecule has 2 atom stereocenters. The molecule has 1 amide bonds. The SMILES string of the molecule is CC1(C(=O)O)CCC(C(=O)Nc2ccccc2N=Cc2cccnc2)C1(C)C. The number of aliphatic imine (C=N–C) groups is 1. The van der Waals surface area contributed by atoms with Crippen molar-refractivity contribution in [2.45, 2.75) is 33.6 Å². The maximum absolute atomic E-state index is 13.0. The van der Waals surface area contributed by atoms with E-state index in [0.29, 0.717) is 24.2 Å². The van der Waals surface area contributed by atoms with Crippen LogP contribution in [0.2, 0.25) is 0 Å². The molecule has 0 radical (unpaired) electrons. The van der Waals surface area contributed by atoms with Gasteiger partial charge in [-0.1, -0.05) is 32.0 Å². The van der Waals surface area contributed by atoms with Gasteiger partial charge in [0.05, 0.1) is 16.8 Å². The van der Waals surface area contributed by atoms with Crippen LogP contribution in [0.25, 0.3) is 0 Å². The van der Waals surface area contributed by atoms with Crippen LogP contribution in [0.15, 0.2) is 53.8 Å². The number of para-hydroxylation sites is 2. The third-order valence-corrected chi connectivity index (χ3v) is 6.21. The Balaban J connectivity index is 1.80. The van der Waals surface area contributed by atoms with E-state index in [9.17, 15) is 14.7 Å². The molecule has 2 unspecified atom stereocenters. The summed E-state index contributed by atoms with van der Waals surface area (Å²) in [4.78, 5) is 33.3. The molecule has 1 aromatic carbocycles. The summed E-state index contributed by atoms with van der Waals surface area (Å²) in [6, 6.07) is 11.0. The Morgan fingerprint density at radius 2 is 1.96 bits per heavy atom. The lowest BCUT2D eigenvalue weighted by molar-refractivity contribution is -0.154. The van der Waals surface area contributed by atoms with Crippen molar-refractivity contribution >= 4 is 29.5 Å². The van der Waals surface area contributed by atoms with Crippen LogP contribution < -0.4 is 5.32 Å². The van der Waals surface area contributed by atoms with Gasteiger partial charge in [0, 0.05) is 30.1 Å². The van der Waals surface area contributed by atoms with Gasteiger partial charge < -0.3 is 10.4 Å². The van der Waals surface area contributed by atoms with Crippen molar-refractivity contribution in [2.24, 2.45) is 21.7 Å². The highest BCUT2D eigenvalue weighted by Gasteiger charge is 2.58. The minimum atomic E-state index is -0.924. The topological polar surface area (TPSA) is 91.6 Å². The molecule has 6 nitrogen and oxygen atoms in total. The van der Waals surface area contributed by atoms with Crippen LogP contribution in [0.3, 0.4) is 0 Å². The highest BCUT2D eigenvalue weighted by Crippen LogP contribution is 2.56. The maximum atomic E-state index is 13.0. The molecular formula is C22H25N3O3. The molecule has 2 N–H and O–H groups in total. The summed E-state index contributed by atoms with van der Waals surface area (Å²) < 4.78 is 0. The number of anilines is 1. The molecule has 1 aliphatic carbocycles. The van der Waals surface area contributed by atoms with E-state index >= 15 is 0 Å². The Bertz CT molecular complexity index is 908. The number of rotatable bonds is 5. The van der Waals surface area contributed by atoms with Gasteiger partial charge in [-0.15, -0.1) is 0 Å². The summed E-state index contributed by atoms with van der Waals surface area (Å²) in [7, 11) is 0. The molecule has 2 aromatic rings. The first kappa shape index (κ1) is 19.7. The number of nitrogens with one attached hydrogen (secondary N) is 1. The average Bonchev–Trinajstić information content (AvgIpc) is 2.92. The number of aliphatic carboxylic acids is 1. The number of carbonyl (C=O) groups is 2. The fourth-order valence-corrected chi connectivity index (χ4v) is 3.85. The first-order chi connectivity index (χ1) is 13.3. The van der Waals surface area contributed by atoms with Crippen molar-refractivity contribution in [3.63, 3.8) is 0 Å². The van der Waals surface area contributed by atoms with Gasteiger partial charge in [-0.3, -0.25) is 19.6 Å². The van der Waals surface area contributed by atoms with Crippen LogP contribution in [0, 0.1) is 16.7 Å². The number of carboxylic acid groups (broad SMARTS) is 1. The number of hydrogen-bond acceptors (Lipinski definition) is 4. The summed E-state index contributed by atoms with van der Waals surface area (Å²) in [5, 5.41) is 12.6. The quantitative estimate of drug-likeness (QED) is 0.758. The number of hydrogen-bond donors (Lipinski definition) is 2. The third-order valence-electron chi connectivity index (χ3n) is 6.21. The molecule has 0 bridgehead atoms. The van der Waals surface area contributed by atoms with Crippen molar-refractivity contribution in [3.8, 4) is 0 Å². The van der Waals surface area contributed by atoms with Gasteiger partial charge in [0.1, 0.15) is 0 Å². The van der Waals surface area contributed by atoms with Gasteiger partial charge in [0.2, 0.25) is 5.91 Å². The van der Waals surface area contributed by atoms with Crippen LogP contribution in [0.4, 0.5) is 11.4 Å². The summed E-state index contributed by atoms with van der Waals surface area (Å²) in [5.74, 6) is -1.41. The number of nitrogens with zero attached hydrogens (tertiary/aromatic N) is 2. The molecule has 1 saturated carbocycles. The number of aromatic nitrogens is 1. The molecule has 1 heterocycles. The Kier molecular flexibility index (Phi) is 5.31. The minimum absolute atomic E-state index is 0.168. The van der Waals surface area contributed by atoms with E-state index in [0.717, 1.165) is 5.56 Å². The molecule has 146 valence electrons. The minimum Gasteiger partial charge on any atom is -0.481 e. The number of benzene rings is 1. The van der Waals surface area contributed by atoms with Gasteiger partial charge in [0.15, 0.2) is 0 Å². The van der Waals surface area contributed by atoms with Crippen molar-refractivity contribution in [3.05, 3.63) is 54.4 Å². The molecule has 0 aliphatic heterocycles. The van der Waals surface area contributed by atoms with E-state index in [1.54, 1.807) is 31.6 Å². The predicted molar refractivity (Wildman–Crippen MR) is 109 cm³/mol. The van der Waals surface area contributed by atoms with Crippen molar-refractivity contribution in [1.29, 1.82) is 0 Å². The van der Waals surface area contributed by atoms with E-state index < -0.39 is 16.8 Å². The van der Waals surface area contributed by atoms with Crippen LogP contribution in [0.1, 0.15) is 39.2 Å². The van der Waals surface area contributed by atoms with Crippen molar-refractivity contribution in [1.82, 2.24) is 4.98 Å². The van der Waals surface area contributed by atoms with E-state index in [2.05, 4.69) is 15.3 Å². The van der Waals surface area contributed by atoms with Gasteiger partial charge in [-0.2, -0.15) is 0 Å². The molecule has 0 spiro atoms. The monoisotopic (exact) mass is 379 g/mol. The summed E-state index contributed by atoms with van der Waals surface area (Å²) >= 11 is 0. The summed E-state index contributed by atoms with van der Waals surface area (Å²) in [6.07, 6.45) is 6.12. The number of carboxylic acids is 1. The second-order valence-corrected chi connectivity index (χ2v) is 8.00. The molecule has 6 heteroatoms. The van der Waals surface area contributed by atoms with E-state index in [1.165, 1.54) is 0 Å². The zero-order chi connectivity index (χ0) is 20.4. The molecule has 28 heavy (non-hydrogen) atoms. The lowest BCUT2D eigenvalue weighted by Gasteiger charge is -2.37. The summed E-state index contributed by atoms with van der Waals surface area (Å²) in [5.41, 5.74) is 0.519. The first-order valence-corrected chi connectivity index (χ1v) is 9.33. The third kappa shape index (κ3) is 3.54. The van der Waals surface area contributed by atoms with Crippen LogP contribution >= 0.6 is 0 Å². The normalized spacial score (nSPS) is 23.6. The molecule has 1 aromatic heterocycles. The average molecular weight is 379 g/mol. The Morgan fingerprint density at radius 3 is 2.61 bits per heavy atom. The molecule has 3 rings (SSSR count). The molecule has 1 aliphatic rings. The van der Waals surface area contributed by atoms with Crippen molar-refractivity contribution in [2.75, 3.05) is 5.32 Å². The second kappa shape index (κ2) is 7.54. The zero-order valence-electron chi connectivity index (χ0n) is 16.3. The van der Waals surface area contributed by atoms with E-state index in [1.807, 2.05) is 44.2 Å². The van der Waals surface area contributed by atoms with Gasteiger partial charge >= 0.3 is 5.97 Å². The van der Waals surface area contributed by atoms with Crippen molar-refractivity contribution < 1.29 is 14.7 Å². The van der Waals surface area contributed by atoms with E-state index in [4.69, 9.17) is 0 Å². The van der Waals surface area contributed by atoms with Crippen LogP contribution in [-0.4, -0.2) is 28.2 Å². The Labute approximate surface area is 164 Å².